The van der Waals surface area contributed by atoms with Gasteiger partial charge in [-0.1, -0.05) is 6.07 Å². The van der Waals surface area contributed by atoms with Crippen LogP contribution in [-0.4, -0.2) is 16.9 Å². The van der Waals surface area contributed by atoms with Crippen molar-refractivity contribution in [3.05, 3.63) is 44.3 Å². The molecule has 0 saturated heterocycles. The quantitative estimate of drug-likeness (QED) is 0.735. The van der Waals surface area contributed by atoms with E-state index in [2.05, 4.69) is 5.32 Å². The number of carbonyl (C=O) groups is 2. The second kappa shape index (κ2) is 5.96. The van der Waals surface area contributed by atoms with Gasteiger partial charge in [0.15, 0.2) is 0 Å². The van der Waals surface area contributed by atoms with Gasteiger partial charge in [-0.2, -0.15) is 0 Å². The van der Waals surface area contributed by atoms with Crippen molar-refractivity contribution >= 4 is 34.5 Å². The predicted octanol–water partition coefficient (Wildman–Crippen LogP) is 0.993. The van der Waals surface area contributed by atoms with Crippen LogP contribution in [-0.2, 0) is 16.1 Å². The summed E-state index contributed by atoms with van der Waals surface area (Å²) < 4.78 is 0. The molecule has 0 aromatic carbocycles. The number of amides is 2. The van der Waals surface area contributed by atoms with Gasteiger partial charge in [0.05, 0.1) is 6.54 Å². The minimum atomic E-state index is -1.00. The topological polar surface area (TPSA) is 92.4 Å². The van der Waals surface area contributed by atoms with E-state index in [1.807, 2.05) is 17.5 Å². The molecule has 2 rings (SSSR count). The summed E-state index contributed by atoms with van der Waals surface area (Å²) in [5.74, 6) is -1.82. The van der Waals surface area contributed by atoms with Gasteiger partial charge in [0.25, 0.3) is 0 Å². The summed E-state index contributed by atoms with van der Waals surface area (Å²) in [6, 6.07) is 7.35. The third kappa shape index (κ3) is 3.40. The molecule has 0 aliphatic carbocycles. The summed E-state index contributed by atoms with van der Waals surface area (Å²) in [4.78, 5) is 24.1. The molecule has 0 fully saturated rings. The van der Waals surface area contributed by atoms with Crippen molar-refractivity contribution in [3.63, 3.8) is 0 Å². The predicted molar refractivity (Wildman–Crippen MR) is 73.7 cm³/mol. The maximum atomic E-state index is 11.0. The molecule has 5 nitrogen and oxygen atoms in total. The lowest BCUT2D eigenvalue weighted by Gasteiger charge is -2.04. The van der Waals surface area contributed by atoms with E-state index in [9.17, 15) is 14.7 Å². The second-order valence-corrected chi connectivity index (χ2v) is 5.95. The van der Waals surface area contributed by atoms with Gasteiger partial charge in [-0.15, -0.1) is 22.7 Å². The first-order valence-electron chi connectivity index (χ1n) is 5.45. The fraction of sp³-hybridized carbons (Fsp3) is 0.167. The van der Waals surface area contributed by atoms with Gasteiger partial charge in [0, 0.05) is 14.6 Å². The zero-order valence-corrected chi connectivity index (χ0v) is 11.5. The summed E-state index contributed by atoms with van der Waals surface area (Å²) in [5.41, 5.74) is 4.83. The highest BCUT2D eigenvalue weighted by Gasteiger charge is 2.14. The lowest BCUT2D eigenvalue weighted by Crippen LogP contribution is -2.35. The fourth-order valence-corrected chi connectivity index (χ4v) is 3.24. The highest BCUT2D eigenvalue weighted by molar-refractivity contribution is 7.12. The Labute approximate surface area is 117 Å². The molecule has 7 heteroatoms. The van der Waals surface area contributed by atoms with E-state index in [1.165, 1.54) is 22.7 Å². The Morgan fingerprint density at radius 2 is 2.11 bits per heavy atom. The molecule has 0 spiro atoms. The first kappa shape index (κ1) is 13.7. The van der Waals surface area contributed by atoms with Crippen LogP contribution in [0.5, 0.6) is 0 Å². The molecule has 0 aliphatic heterocycles. The van der Waals surface area contributed by atoms with E-state index in [0.29, 0.717) is 0 Å². The maximum Gasteiger partial charge on any atom is 0.309 e. The number of carbonyl (C=O) groups excluding carboxylic acids is 2. The molecule has 2 aromatic rings. The summed E-state index contributed by atoms with van der Waals surface area (Å²) in [6.07, 6.45) is -0.648. The SMILES string of the molecule is NC(=O)C(=O)NCc1ccc(C(O)c2cccs2)s1. The number of hydrogen-bond acceptors (Lipinski definition) is 5. The Bertz CT molecular complexity index is 578. The standard InChI is InChI=1S/C12H12N2O3S2/c13-11(16)12(17)14-6-7-3-4-9(19-7)10(15)8-2-1-5-18-8/h1-5,10,15H,6H2,(H2,13,16)(H,14,17). The summed E-state index contributed by atoms with van der Waals surface area (Å²) in [6.45, 7) is 0.226. The largest absolute Gasteiger partial charge is 0.382 e. The molecule has 2 aromatic heterocycles. The minimum Gasteiger partial charge on any atom is -0.382 e. The third-order valence-electron chi connectivity index (χ3n) is 2.41. The van der Waals surface area contributed by atoms with E-state index in [-0.39, 0.29) is 6.54 Å². The minimum absolute atomic E-state index is 0.226. The van der Waals surface area contributed by atoms with Crippen LogP contribution in [0.1, 0.15) is 20.7 Å². The first-order chi connectivity index (χ1) is 9.08. The number of primary amides is 1. The van der Waals surface area contributed by atoms with Crippen molar-refractivity contribution in [2.75, 3.05) is 0 Å². The summed E-state index contributed by atoms with van der Waals surface area (Å²) in [7, 11) is 0. The van der Waals surface area contributed by atoms with Gasteiger partial charge in [0.1, 0.15) is 6.10 Å². The van der Waals surface area contributed by atoms with Crippen molar-refractivity contribution in [3.8, 4) is 0 Å². The summed E-state index contributed by atoms with van der Waals surface area (Å²) >= 11 is 2.87. The zero-order valence-electron chi connectivity index (χ0n) is 9.83. The lowest BCUT2D eigenvalue weighted by molar-refractivity contribution is -0.137. The molecule has 19 heavy (non-hydrogen) atoms. The number of nitrogens with two attached hydrogens (primary N) is 1. The Hall–Kier alpha value is -1.70. The monoisotopic (exact) mass is 296 g/mol. The van der Waals surface area contributed by atoms with Gasteiger partial charge >= 0.3 is 11.8 Å². The second-order valence-electron chi connectivity index (χ2n) is 3.77. The van der Waals surface area contributed by atoms with Crippen molar-refractivity contribution in [1.29, 1.82) is 0 Å². The molecular formula is C12H12N2O3S2. The number of nitrogens with one attached hydrogen (secondary N) is 1. The van der Waals surface area contributed by atoms with Crippen LogP contribution in [0.2, 0.25) is 0 Å². The molecule has 100 valence electrons. The van der Waals surface area contributed by atoms with Crippen LogP contribution in [0.4, 0.5) is 0 Å². The Morgan fingerprint density at radius 1 is 1.32 bits per heavy atom. The average molecular weight is 296 g/mol. The molecule has 2 heterocycles. The fourth-order valence-electron chi connectivity index (χ4n) is 1.48. The molecule has 0 radical (unpaired) electrons. The van der Waals surface area contributed by atoms with Crippen LogP contribution in [0.25, 0.3) is 0 Å². The Kier molecular flexibility index (Phi) is 4.31. The van der Waals surface area contributed by atoms with Crippen LogP contribution in [0.15, 0.2) is 29.6 Å². The number of rotatable bonds is 4. The molecule has 4 N–H and O–H groups in total. The van der Waals surface area contributed by atoms with Crippen molar-refractivity contribution in [1.82, 2.24) is 5.32 Å². The van der Waals surface area contributed by atoms with E-state index in [0.717, 1.165) is 14.6 Å². The number of hydrogen-bond donors (Lipinski definition) is 3. The molecule has 0 aliphatic rings. The highest BCUT2D eigenvalue weighted by Crippen LogP contribution is 2.30. The molecule has 1 unspecified atom stereocenters. The van der Waals surface area contributed by atoms with Crippen molar-refractivity contribution in [2.45, 2.75) is 12.6 Å². The molecule has 0 bridgehead atoms. The van der Waals surface area contributed by atoms with Crippen LogP contribution >= 0.6 is 22.7 Å². The van der Waals surface area contributed by atoms with E-state index >= 15 is 0 Å². The maximum absolute atomic E-state index is 11.0. The zero-order chi connectivity index (χ0) is 13.8. The number of aliphatic hydroxyl groups is 1. The third-order valence-corrected chi connectivity index (χ3v) is 4.47. The van der Waals surface area contributed by atoms with E-state index in [4.69, 9.17) is 5.73 Å². The molecule has 0 saturated carbocycles. The van der Waals surface area contributed by atoms with Crippen molar-refractivity contribution in [2.24, 2.45) is 5.73 Å². The Morgan fingerprint density at radius 3 is 2.74 bits per heavy atom. The molecule has 1 atom stereocenters. The van der Waals surface area contributed by atoms with Crippen LogP contribution in [0, 0.1) is 0 Å². The van der Waals surface area contributed by atoms with E-state index < -0.39 is 17.9 Å². The highest BCUT2D eigenvalue weighted by atomic mass is 32.1. The van der Waals surface area contributed by atoms with E-state index in [1.54, 1.807) is 12.1 Å². The van der Waals surface area contributed by atoms with Gasteiger partial charge in [-0.25, -0.2) is 0 Å². The Balaban J connectivity index is 1.99. The molecular weight excluding hydrogens is 284 g/mol. The average Bonchev–Trinajstić information content (AvgIpc) is 3.06. The molecule has 2 amide bonds. The van der Waals surface area contributed by atoms with Gasteiger partial charge in [-0.05, 0) is 23.6 Å². The normalized spacial score (nSPS) is 12.1. The lowest BCUT2D eigenvalue weighted by atomic mass is 10.2. The first-order valence-corrected chi connectivity index (χ1v) is 7.15. The van der Waals surface area contributed by atoms with Crippen molar-refractivity contribution < 1.29 is 14.7 Å². The number of thiophene rings is 2. The smallest absolute Gasteiger partial charge is 0.309 e. The van der Waals surface area contributed by atoms with Gasteiger partial charge < -0.3 is 16.2 Å². The van der Waals surface area contributed by atoms with Crippen LogP contribution in [0.3, 0.4) is 0 Å². The van der Waals surface area contributed by atoms with Gasteiger partial charge in [0.2, 0.25) is 0 Å². The van der Waals surface area contributed by atoms with Crippen LogP contribution < -0.4 is 11.1 Å². The van der Waals surface area contributed by atoms with Gasteiger partial charge in [-0.3, -0.25) is 9.59 Å². The summed E-state index contributed by atoms with van der Waals surface area (Å²) in [5, 5.41) is 14.4. The number of aliphatic hydroxyl groups excluding tert-OH is 1.